The summed E-state index contributed by atoms with van der Waals surface area (Å²) in [6.07, 6.45) is 2.08. The van der Waals surface area contributed by atoms with E-state index in [4.69, 9.17) is 9.26 Å². The van der Waals surface area contributed by atoms with Crippen LogP contribution >= 0.6 is 0 Å². The number of benzene rings is 1. The zero-order valence-corrected chi connectivity index (χ0v) is 17.4. The van der Waals surface area contributed by atoms with Crippen LogP contribution in [0, 0.1) is 6.92 Å². The zero-order valence-electron chi connectivity index (χ0n) is 17.4. The van der Waals surface area contributed by atoms with Crippen LogP contribution in [0.3, 0.4) is 0 Å². The van der Waals surface area contributed by atoms with Gasteiger partial charge in [-0.3, -0.25) is 9.69 Å². The van der Waals surface area contributed by atoms with Crippen molar-refractivity contribution >= 4 is 5.91 Å². The van der Waals surface area contributed by atoms with Crippen LogP contribution in [0.2, 0.25) is 0 Å². The van der Waals surface area contributed by atoms with Gasteiger partial charge in [0.15, 0.2) is 5.76 Å². The number of amides is 1. The molecule has 1 amide bonds. The van der Waals surface area contributed by atoms with Crippen LogP contribution in [0.1, 0.15) is 53.6 Å². The monoisotopic (exact) mass is 385 g/mol. The smallest absolute Gasteiger partial charge is 0.259 e. The third kappa shape index (κ3) is 4.55. The van der Waals surface area contributed by atoms with E-state index < -0.39 is 0 Å². The first-order valence-corrected chi connectivity index (χ1v) is 10.1. The van der Waals surface area contributed by atoms with Gasteiger partial charge in [-0.25, -0.2) is 0 Å². The summed E-state index contributed by atoms with van der Waals surface area (Å²) in [7, 11) is 1.72. The van der Waals surface area contributed by atoms with Crippen LogP contribution in [0.4, 0.5) is 0 Å². The van der Waals surface area contributed by atoms with E-state index in [1.54, 1.807) is 7.11 Å². The van der Waals surface area contributed by atoms with Gasteiger partial charge in [-0.2, -0.15) is 0 Å². The Kier molecular flexibility index (Phi) is 6.73. The summed E-state index contributed by atoms with van der Waals surface area (Å²) in [6, 6.07) is 8.20. The van der Waals surface area contributed by atoms with E-state index in [9.17, 15) is 4.79 Å². The highest BCUT2D eigenvalue weighted by Gasteiger charge is 2.28. The molecule has 1 aliphatic rings. The van der Waals surface area contributed by atoms with Gasteiger partial charge in [0, 0.05) is 32.1 Å². The van der Waals surface area contributed by atoms with E-state index in [1.165, 1.54) is 5.56 Å². The molecule has 0 atom stereocenters. The molecule has 28 heavy (non-hydrogen) atoms. The number of nitrogens with zero attached hydrogens (tertiary/aromatic N) is 3. The Morgan fingerprint density at radius 2 is 1.93 bits per heavy atom. The molecule has 6 nitrogen and oxygen atoms in total. The molecule has 1 aromatic heterocycles. The molecule has 0 radical (unpaired) electrons. The van der Waals surface area contributed by atoms with Crippen molar-refractivity contribution in [2.24, 2.45) is 0 Å². The highest BCUT2D eigenvalue weighted by atomic mass is 16.5. The molecular weight excluding hydrogens is 354 g/mol. The van der Waals surface area contributed by atoms with Crippen LogP contribution in [-0.2, 0) is 6.42 Å². The number of carbonyl (C=O) groups excluding carboxylic acids is 1. The minimum atomic E-state index is 0.0520. The van der Waals surface area contributed by atoms with Gasteiger partial charge in [0.1, 0.15) is 11.3 Å². The molecule has 0 saturated carbocycles. The van der Waals surface area contributed by atoms with Gasteiger partial charge >= 0.3 is 0 Å². The molecular formula is C22H31N3O3. The molecule has 0 unspecified atom stereocenters. The molecule has 0 N–H and O–H groups in total. The average Bonchev–Trinajstić information content (AvgIpc) is 3.10. The number of rotatable bonds is 7. The van der Waals surface area contributed by atoms with E-state index in [-0.39, 0.29) is 11.8 Å². The van der Waals surface area contributed by atoms with E-state index in [1.807, 2.05) is 37.8 Å². The second-order valence-electron chi connectivity index (χ2n) is 7.71. The topological polar surface area (TPSA) is 58.8 Å². The van der Waals surface area contributed by atoms with E-state index in [0.717, 1.165) is 51.3 Å². The molecule has 1 aliphatic heterocycles. The third-order valence-corrected chi connectivity index (χ3v) is 5.40. The average molecular weight is 386 g/mol. The summed E-state index contributed by atoms with van der Waals surface area (Å²) >= 11 is 0. The Labute approximate surface area is 167 Å². The predicted octanol–water partition coefficient (Wildman–Crippen LogP) is 3.51. The quantitative estimate of drug-likeness (QED) is 0.730. The largest absolute Gasteiger partial charge is 0.496 e. The maximum Gasteiger partial charge on any atom is 0.259 e. The molecule has 6 heteroatoms. The first kappa shape index (κ1) is 20.4. The van der Waals surface area contributed by atoms with Crippen molar-refractivity contribution in [1.29, 1.82) is 0 Å². The standard InChI is InChI=1S/C22H31N3O3/c1-16(2)21-20(17(3)23-28-21)22(26)25-14-12-24(13-15-25)11-7-9-18-8-5-6-10-19(18)27-4/h5-6,8,10,16H,7,9,11-15H2,1-4H3. The van der Waals surface area contributed by atoms with Crippen molar-refractivity contribution in [2.45, 2.75) is 39.5 Å². The Morgan fingerprint density at radius 1 is 1.21 bits per heavy atom. The number of ether oxygens (including phenoxy) is 1. The van der Waals surface area contributed by atoms with Crippen LogP contribution in [0.5, 0.6) is 5.75 Å². The number of carbonyl (C=O) groups is 1. The lowest BCUT2D eigenvalue weighted by atomic mass is 10.0. The molecule has 2 heterocycles. The molecule has 1 saturated heterocycles. The summed E-state index contributed by atoms with van der Waals surface area (Å²) in [4.78, 5) is 17.3. The van der Waals surface area contributed by atoms with Crippen LogP contribution in [0.15, 0.2) is 28.8 Å². The minimum absolute atomic E-state index is 0.0520. The number of hydrogen-bond acceptors (Lipinski definition) is 5. The van der Waals surface area contributed by atoms with Crippen LogP contribution in [0.25, 0.3) is 0 Å². The molecule has 2 aromatic rings. The van der Waals surface area contributed by atoms with E-state index >= 15 is 0 Å². The maximum atomic E-state index is 13.0. The number of hydrogen-bond donors (Lipinski definition) is 0. The number of aryl methyl sites for hydroxylation is 2. The van der Waals surface area contributed by atoms with E-state index in [2.05, 4.69) is 22.2 Å². The van der Waals surface area contributed by atoms with E-state index in [0.29, 0.717) is 17.0 Å². The highest BCUT2D eigenvalue weighted by Crippen LogP contribution is 2.24. The number of methoxy groups -OCH3 is 1. The predicted molar refractivity (Wildman–Crippen MR) is 109 cm³/mol. The van der Waals surface area contributed by atoms with Gasteiger partial charge in [0.05, 0.1) is 12.8 Å². The Balaban J connectivity index is 1.49. The van der Waals surface area contributed by atoms with Crippen molar-refractivity contribution < 1.29 is 14.1 Å². The summed E-state index contributed by atoms with van der Waals surface area (Å²) < 4.78 is 10.8. The Bertz CT molecular complexity index is 792. The zero-order chi connectivity index (χ0) is 20.1. The molecule has 152 valence electrons. The number of piperazine rings is 1. The SMILES string of the molecule is COc1ccccc1CCCN1CCN(C(=O)c2c(C)noc2C(C)C)CC1. The summed E-state index contributed by atoms with van der Waals surface area (Å²) in [6.45, 7) is 10.2. The van der Waals surface area contributed by atoms with Gasteiger partial charge in [0.25, 0.3) is 5.91 Å². The van der Waals surface area contributed by atoms with Crippen LogP contribution in [-0.4, -0.2) is 60.7 Å². The normalized spacial score (nSPS) is 15.2. The second-order valence-corrected chi connectivity index (χ2v) is 7.71. The van der Waals surface area contributed by atoms with Crippen molar-refractivity contribution in [3.05, 3.63) is 46.8 Å². The first-order valence-electron chi connectivity index (χ1n) is 10.1. The lowest BCUT2D eigenvalue weighted by Crippen LogP contribution is -2.49. The van der Waals surface area contributed by atoms with Gasteiger partial charge in [-0.1, -0.05) is 37.2 Å². The van der Waals surface area contributed by atoms with Crippen molar-refractivity contribution in [2.75, 3.05) is 39.8 Å². The molecule has 1 fully saturated rings. The van der Waals surface area contributed by atoms with Gasteiger partial charge in [-0.05, 0) is 37.9 Å². The van der Waals surface area contributed by atoms with Crippen molar-refractivity contribution in [1.82, 2.24) is 15.0 Å². The number of aromatic nitrogens is 1. The lowest BCUT2D eigenvalue weighted by Gasteiger charge is -2.34. The first-order chi connectivity index (χ1) is 13.5. The fourth-order valence-corrected chi connectivity index (χ4v) is 3.78. The van der Waals surface area contributed by atoms with Gasteiger partial charge in [0.2, 0.25) is 0 Å². The molecule has 0 bridgehead atoms. The Morgan fingerprint density at radius 3 is 2.61 bits per heavy atom. The summed E-state index contributed by atoms with van der Waals surface area (Å²) in [5, 5.41) is 4.01. The minimum Gasteiger partial charge on any atom is -0.496 e. The summed E-state index contributed by atoms with van der Waals surface area (Å²) in [5.74, 6) is 1.86. The van der Waals surface area contributed by atoms with Gasteiger partial charge in [-0.15, -0.1) is 0 Å². The molecule has 0 aliphatic carbocycles. The molecule has 3 rings (SSSR count). The second kappa shape index (κ2) is 9.24. The number of para-hydroxylation sites is 1. The summed E-state index contributed by atoms with van der Waals surface area (Å²) in [5.41, 5.74) is 2.59. The van der Waals surface area contributed by atoms with Crippen molar-refractivity contribution in [3.8, 4) is 5.75 Å². The van der Waals surface area contributed by atoms with Crippen molar-refractivity contribution in [3.63, 3.8) is 0 Å². The molecule has 1 aromatic carbocycles. The maximum absolute atomic E-state index is 13.0. The molecule has 0 spiro atoms. The Hall–Kier alpha value is -2.34. The van der Waals surface area contributed by atoms with Crippen LogP contribution < -0.4 is 4.74 Å². The third-order valence-electron chi connectivity index (χ3n) is 5.40. The highest BCUT2D eigenvalue weighted by molar-refractivity contribution is 5.96. The lowest BCUT2D eigenvalue weighted by molar-refractivity contribution is 0.0632. The fourth-order valence-electron chi connectivity index (χ4n) is 3.78. The van der Waals surface area contributed by atoms with Gasteiger partial charge < -0.3 is 14.2 Å². The fraction of sp³-hybridized carbons (Fsp3) is 0.545.